The minimum absolute atomic E-state index is 0.101. The largest absolute Gasteiger partial charge is 0.481 e. The first-order valence-electron chi connectivity index (χ1n) is 10.1. The molecule has 150 valence electrons. The fraction of sp³-hybridized carbons (Fsp3) is 0.800. The number of aliphatic hydroxyl groups is 1. The summed E-state index contributed by atoms with van der Waals surface area (Å²) in [5.41, 5.74) is -1.20. The first kappa shape index (κ1) is 16.3. The van der Waals surface area contributed by atoms with E-state index in [0.29, 0.717) is 19.4 Å². The summed E-state index contributed by atoms with van der Waals surface area (Å²) in [4.78, 5) is 23.8. The molecule has 1 unspecified atom stereocenters. The molecule has 0 radical (unpaired) electrons. The third kappa shape index (κ3) is 1.29. The van der Waals surface area contributed by atoms with Crippen LogP contribution in [0.1, 0.15) is 33.1 Å². The maximum Gasteiger partial charge on any atom is 0.334 e. The molecule has 2 saturated carbocycles. The molecule has 0 aromatic rings. The number of esters is 1. The number of aliphatic hydroxyl groups excluding tert-OH is 1. The van der Waals surface area contributed by atoms with Crippen molar-refractivity contribution in [3.05, 3.63) is 11.1 Å². The SMILES string of the molecule is CC(C(=O)O)[C@]12O[C@H]1[C@@H]1O[C@]13[C@]1(O[C@H]1C[C@H]1C4=C(CC[C@@]13C)C(=O)OC4)[C@@H]2O. The van der Waals surface area contributed by atoms with Crippen molar-refractivity contribution in [2.24, 2.45) is 17.3 Å². The van der Waals surface area contributed by atoms with E-state index in [1.165, 1.54) is 0 Å². The van der Waals surface area contributed by atoms with Gasteiger partial charge in [-0.25, -0.2) is 4.79 Å². The molecule has 7 rings (SSSR count). The van der Waals surface area contributed by atoms with Crippen molar-refractivity contribution in [2.45, 2.75) is 74.3 Å². The summed E-state index contributed by atoms with van der Waals surface area (Å²) in [5, 5.41) is 21.0. The molecule has 8 heteroatoms. The predicted octanol–water partition coefficient (Wildman–Crippen LogP) is 0.168. The highest BCUT2D eigenvalue weighted by atomic mass is 16.7. The van der Waals surface area contributed by atoms with Gasteiger partial charge in [0, 0.05) is 11.0 Å². The second-order valence-electron chi connectivity index (χ2n) is 9.81. The lowest BCUT2D eigenvalue weighted by Crippen LogP contribution is -2.69. The molecule has 2 N–H and O–H groups in total. The number of cyclic esters (lactones) is 1. The number of carboxylic acid groups (broad SMARTS) is 1. The van der Waals surface area contributed by atoms with Gasteiger partial charge in [0.2, 0.25) is 0 Å². The Morgan fingerprint density at radius 2 is 2.04 bits per heavy atom. The molecule has 3 saturated heterocycles. The predicted molar refractivity (Wildman–Crippen MR) is 89.1 cm³/mol. The van der Waals surface area contributed by atoms with Crippen LogP contribution in [0.2, 0.25) is 0 Å². The maximum atomic E-state index is 12.1. The number of rotatable bonds is 2. The van der Waals surface area contributed by atoms with Gasteiger partial charge >= 0.3 is 11.9 Å². The van der Waals surface area contributed by atoms with Crippen molar-refractivity contribution in [2.75, 3.05) is 6.61 Å². The Hall–Kier alpha value is -1.48. The van der Waals surface area contributed by atoms with E-state index in [9.17, 15) is 19.8 Å². The van der Waals surface area contributed by atoms with Crippen molar-refractivity contribution >= 4 is 11.9 Å². The van der Waals surface area contributed by atoms with Crippen molar-refractivity contribution < 1.29 is 38.7 Å². The lowest BCUT2D eigenvalue weighted by molar-refractivity contribution is -0.150. The van der Waals surface area contributed by atoms with Gasteiger partial charge in [-0.15, -0.1) is 0 Å². The molecule has 0 aromatic heterocycles. The molecular weight excluding hydrogens is 368 g/mol. The molecule has 10 atom stereocenters. The number of ether oxygens (including phenoxy) is 4. The van der Waals surface area contributed by atoms with E-state index in [2.05, 4.69) is 6.92 Å². The van der Waals surface area contributed by atoms with Gasteiger partial charge in [0.1, 0.15) is 36.1 Å². The van der Waals surface area contributed by atoms with Crippen LogP contribution in [-0.4, -0.2) is 70.0 Å². The molecule has 0 bridgehead atoms. The van der Waals surface area contributed by atoms with E-state index >= 15 is 0 Å². The van der Waals surface area contributed by atoms with E-state index in [4.69, 9.17) is 18.9 Å². The van der Waals surface area contributed by atoms with Gasteiger partial charge in [-0.3, -0.25) is 4.79 Å². The van der Waals surface area contributed by atoms with Gasteiger partial charge in [0.15, 0.2) is 5.60 Å². The molecular formula is C20H22O8. The molecule has 4 aliphatic heterocycles. The number of fused-ring (bicyclic) bond motifs is 4. The number of carbonyl (C=O) groups is 2. The van der Waals surface area contributed by atoms with Gasteiger partial charge < -0.3 is 29.2 Å². The van der Waals surface area contributed by atoms with E-state index in [1.807, 2.05) is 0 Å². The Kier molecular flexibility index (Phi) is 2.44. The standard InChI is InChI=1S/C20H22O8/c1-7(14(21)22)18-12(27-18)13-20(28-13)17(2)4-3-8-9(6-25-15(8)23)10(17)5-11-19(20,26-11)16(18)24/h7,10-13,16,24H,3-6H2,1-2H3,(H,21,22)/t7?,10-,11-,12-,13-,16+,17-,18-,19+,20+/m0/s1. The van der Waals surface area contributed by atoms with E-state index in [-0.39, 0.29) is 29.5 Å². The topological polar surface area (TPSA) is 121 Å². The molecule has 2 spiro atoms. The van der Waals surface area contributed by atoms with Crippen molar-refractivity contribution in [3.8, 4) is 0 Å². The summed E-state index contributed by atoms with van der Waals surface area (Å²) in [6, 6.07) is 0. The van der Waals surface area contributed by atoms with Gasteiger partial charge in [0.25, 0.3) is 0 Å². The van der Waals surface area contributed by atoms with Crippen LogP contribution in [0, 0.1) is 17.3 Å². The van der Waals surface area contributed by atoms with Crippen molar-refractivity contribution in [1.29, 1.82) is 0 Å². The summed E-state index contributed by atoms with van der Waals surface area (Å²) in [6.45, 7) is 4.09. The van der Waals surface area contributed by atoms with Crippen LogP contribution in [0.5, 0.6) is 0 Å². The van der Waals surface area contributed by atoms with Gasteiger partial charge in [-0.05, 0) is 37.7 Å². The number of hydrogen-bond donors (Lipinski definition) is 2. The fourth-order valence-corrected chi connectivity index (χ4v) is 7.70. The number of hydrogen-bond acceptors (Lipinski definition) is 7. The highest BCUT2D eigenvalue weighted by Gasteiger charge is 3.00. The van der Waals surface area contributed by atoms with Crippen LogP contribution < -0.4 is 0 Å². The third-order valence-electron chi connectivity index (χ3n) is 9.24. The molecule has 7 aliphatic rings. The minimum atomic E-state index is -1.14. The average Bonchev–Trinajstić information content (AvgIpc) is 3.54. The normalized spacial score (nSPS) is 60.2. The summed E-state index contributed by atoms with van der Waals surface area (Å²) < 4.78 is 23.9. The molecule has 0 amide bonds. The van der Waals surface area contributed by atoms with E-state index in [1.54, 1.807) is 6.92 Å². The zero-order valence-corrected chi connectivity index (χ0v) is 15.6. The highest BCUT2D eigenvalue weighted by molar-refractivity contribution is 5.92. The first-order valence-corrected chi connectivity index (χ1v) is 10.1. The quantitative estimate of drug-likeness (QED) is 0.505. The summed E-state index contributed by atoms with van der Waals surface area (Å²) in [5.74, 6) is -1.94. The summed E-state index contributed by atoms with van der Waals surface area (Å²) in [6.07, 6.45) is 0.0832. The first-order chi connectivity index (χ1) is 13.3. The molecule has 8 nitrogen and oxygen atoms in total. The lowest BCUT2D eigenvalue weighted by atomic mass is 9.46. The van der Waals surface area contributed by atoms with Gasteiger partial charge in [-0.2, -0.15) is 0 Å². The minimum Gasteiger partial charge on any atom is -0.481 e. The van der Waals surface area contributed by atoms with Gasteiger partial charge in [0.05, 0.1) is 12.0 Å². The summed E-state index contributed by atoms with van der Waals surface area (Å²) in [7, 11) is 0. The zero-order chi connectivity index (χ0) is 19.4. The molecule has 5 fully saturated rings. The maximum absolute atomic E-state index is 12.1. The number of carboxylic acids is 1. The highest BCUT2D eigenvalue weighted by Crippen LogP contribution is 2.82. The van der Waals surface area contributed by atoms with Crippen LogP contribution in [0.4, 0.5) is 0 Å². The second kappa shape index (κ2) is 4.19. The number of aliphatic carboxylic acids is 1. The molecule has 28 heavy (non-hydrogen) atoms. The molecule has 4 heterocycles. The van der Waals surface area contributed by atoms with Crippen LogP contribution in [0.3, 0.4) is 0 Å². The smallest absolute Gasteiger partial charge is 0.334 e. The Morgan fingerprint density at radius 1 is 1.25 bits per heavy atom. The van der Waals surface area contributed by atoms with Gasteiger partial charge in [-0.1, -0.05) is 6.92 Å². The molecule has 0 aromatic carbocycles. The van der Waals surface area contributed by atoms with Crippen LogP contribution in [-0.2, 0) is 28.5 Å². The Labute approximate surface area is 160 Å². The molecule has 3 aliphatic carbocycles. The fourth-order valence-electron chi connectivity index (χ4n) is 7.70. The van der Waals surface area contributed by atoms with Crippen LogP contribution in [0.25, 0.3) is 0 Å². The number of epoxide rings is 3. The Balaban J connectivity index is 1.36. The third-order valence-corrected chi connectivity index (χ3v) is 9.24. The number of carbonyl (C=O) groups excluding carboxylic acids is 1. The summed E-state index contributed by atoms with van der Waals surface area (Å²) >= 11 is 0. The second-order valence-corrected chi connectivity index (χ2v) is 9.81. The van der Waals surface area contributed by atoms with Crippen molar-refractivity contribution in [1.82, 2.24) is 0 Å². The average molecular weight is 390 g/mol. The van der Waals surface area contributed by atoms with Crippen LogP contribution in [0.15, 0.2) is 11.1 Å². The van der Waals surface area contributed by atoms with E-state index < -0.39 is 40.9 Å². The van der Waals surface area contributed by atoms with E-state index in [0.717, 1.165) is 17.6 Å². The Morgan fingerprint density at radius 3 is 2.79 bits per heavy atom. The Bertz CT molecular complexity index is 912. The monoisotopic (exact) mass is 390 g/mol. The van der Waals surface area contributed by atoms with Crippen LogP contribution >= 0.6 is 0 Å². The lowest BCUT2D eigenvalue weighted by Gasteiger charge is -2.53. The zero-order valence-electron chi connectivity index (χ0n) is 15.6. The van der Waals surface area contributed by atoms with Crippen molar-refractivity contribution in [3.63, 3.8) is 0 Å².